The molecular formula is C16H15BrClNOS. The Morgan fingerprint density at radius 3 is 2.57 bits per heavy atom. The van der Waals surface area contributed by atoms with Crippen LogP contribution in [0.2, 0.25) is 5.02 Å². The number of carbonyl (C=O) groups is 1. The monoisotopic (exact) mass is 383 g/mol. The normalized spacial score (nSPS) is 10.4. The van der Waals surface area contributed by atoms with Gasteiger partial charge in [-0.2, -0.15) is 0 Å². The summed E-state index contributed by atoms with van der Waals surface area (Å²) in [6.07, 6.45) is 0. The van der Waals surface area contributed by atoms with Crippen LogP contribution in [-0.4, -0.2) is 11.7 Å². The van der Waals surface area contributed by atoms with Crippen molar-refractivity contribution in [3.05, 3.63) is 69.2 Å². The second-order valence-corrected chi connectivity index (χ2v) is 6.80. The zero-order chi connectivity index (χ0) is 15.1. The van der Waals surface area contributed by atoms with E-state index in [4.69, 9.17) is 11.6 Å². The topological polar surface area (TPSA) is 29.1 Å². The maximum atomic E-state index is 11.8. The second-order valence-electron chi connectivity index (χ2n) is 4.49. The van der Waals surface area contributed by atoms with Crippen LogP contribution in [0.1, 0.15) is 11.1 Å². The molecule has 0 radical (unpaired) electrons. The Labute approximate surface area is 142 Å². The van der Waals surface area contributed by atoms with Gasteiger partial charge in [0.2, 0.25) is 5.91 Å². The van der Waals surface area contributed by atoms with E-state index in [0.717, 1.165) is 15.8 Å². The van der Waals surface area contributed by atoms with Crippen molar-refractivity contribution in [2.24, 2.45) is 0 Å². The van der Waals surface area contributed by atoms with Crippen LogP contribution < -0.4 is 5.32 Å². The van der Waals surface area contributed by atoms with Crippen LogP contribution in [0.3, 0.4) is 0 Å². The smallest absolute Gasteiger partial charge is 0.230 e. The molecule has 0 aliphatic heterocycles. The Hall–Kier alpha value is -0.970. The molecule has 0 atom stereocenters. The van der Waals surface area contributed by atoms with E-state index in [1.165, 1.54) is 5.56 Å². The lowest BCUT2D eigenvalue weighted by molar-refractivity contribution is -0.118. The second kappa shape index (κ2) is 8.47. The van der Waals surface area contributed by atoms with E-state index >= 15 is 0 Å². The average Bonchev–Trinajstić information content (AvgIpc) is 2.48. The van der Waals surface area contributed by atoms with E-state index in [1.807, 2.05) is 36.4 Å². The van der Waals surface area contributed by atoms with Gasteiger partial charge in [0.05, 0.1) is 5.75 Å². The lowest BCUT2D eigenvalue weighted by atomic mass is 10.2. The van der Waals surface area contributed by atoms with Gasteiger partial charge in [-0.1, -0.05) is 57.9 Å². The lowest BCUT2D eigenvalue weighted by Crippen LogP contribution is -2.24. The summed E-state index contributed by atoms with van der Waals surface area (Å²) >= 11 is 11.0. The Kier molecular flexibility index (Phi) is 6.61. The summed E-state index contributed by atoms with van der Waals surface area (Å²) in [5, 5.41) is 3.56. The van der Waals surface area contributed by atoms with Crippen LogP contribution in [0.5, 0.6) is 0 Å². The van der Waals surface area contributed by atoms with Crippen LogP contribution in [-0.2, 0) is 17.1 Å². The van der Waals surface area contributed by atoms with E-state index in [-0.39, 0.29) is 5.91 Å². The SMILES string of the molecule is O=C(CSCc1ccc(Br)cc1)NCc1ccccc1Cl. The zero-order valence-electron chi connectivity index (χ0n) is 11.3. The zero-order valence-corrected chi connectivity index (χ0v) is 14.5. The van der Waals surface area contributed by atoms with Gasteiger partial charge in [-0.05, 0) is 29.3 Å². The largest absolute Gasteiger partial charge is 0.351 e. The van der Waals surface area contributed by atoms with E-state index in [1.54, 1.807) is 11.8 Å². The van der Waals surface area contributed by atoms with Gasteiger partial charge in [0.1, 0.15) is 0 Å². The Bertz CT molecular complexity index is 603. The molecule has 0 bridgehead atoms. The third-order valence-electron chi connectivity index (χ3n) is 2.85. The molecule has 2 aromatic carbocycles. The van der Waals surface area contributed by atoms with Gasteiger partial charge in [0.25, 0.3) is 0 Å². The number of halogens is 2. The van der Waals surface area contributed by atoms with Gasteiger partial charge < -0.3 is 5.32 Å². The number of amides is 1. The molecule has 2 nitrogen and oxygen atoms in total. The quantitative estimate of drug-likeness (QED) is 0.785. The van der Waals surface area contributed by atoms with Crippen molar-refractivity contribution >= 4 is 45.2 Å². The molecule has 0 spiro atoms. The summed E-state index contributed by atoms with van der Waals surface area (Å²) in [5.41, 5.74) is 2.15. The van der Waals surface area contributed by atoms with Gasteiger partial charge in [-0.25, -0.2) is 0 Å². The molecule has 0 unspecified atom stereocenters. The minimum absolute atomic E-state index is 0.0250. The average molecular weight is 385 g/mol. The maximum Gasteiger partial charge on any atom is 0.230 e. The molecule has 0 fully saturated rings. The third kappa shape index (κ3) is 5.73. The fourth-order valence-electron chi connectivity index (χ4n) is 1.73. The number of hydrogen-bond donors (Lipinski definition) is 1. The number of thioether (sulfide) groups is 1. The molecule has 1 N–H and O–H groups in total. The molecular weight excluding hydrogens is 370 g/mol. The minimum Gasteiger partial charge on any atom is -0.351 e. The fraction of sp³-hybridized carbons (Fsp3) is 0.188. The first kappa shape index (κ1) is 16.4. The van der Waals surface area contributed by atoms with Gasteiger partial charge in [-0.15, -0.1) is 11.8 Å². The maximum absolute atomic E-state index is 11.8. The van der Waals surface area contributed by atoms with Crippen molar-refractivity contribution in [2.75, 3.05) is 5.75 Å². The molecule has 0 saturated heterocycles. The summed E-state index contributed by atoms with van der Waals surface area (Å²) in [7, 11) is 0. The highest BCUT2D eigenvalue weighted by Gasteiger charge is 2.04. The number of carbonyl (C=O) groups excluding carboxylic acids is 1. The van der Waals surface area contributed by atoms with Crippen LogP contribution >= 0.6 is 39.3 Å². The van der Waals surface area contributed by atoms with E-state index in [0.29, 0.717) is 17.3 Å². The fourth-order valence-corrected chi connectivity index (χ4v) is 3.01. The highest BCUT2D eigenvalue weighted by atomic mass is 79.9. The molecule has 0 aromatic heterocycles. The standard InChI is InChI=1S/C16H15BrClNOS/c17-14-7-5-12(6-8-14)10-21-11-16(20)19-9-13-3-1-2-4-15(13)18/h1-8H,9-11H2,(H,19,20). The molecule has 0 heterocycles. The van der Waals surface area contributed by atoms with Crippen molar-refractivity contribution < 1.29 is 4.79 Å². The minimum atomic E-state index is 0.0250. The first-order valence-corrected chi connectivity index (χ1v) is 8.80. The summed E-state index contributed by atoms with van der Waals surface area (Å²) < 4.78 is 1.06. The van der Waals surface area contributed by atoms with Crippen molar-refractivity contribution in [2.45, 2.75) is 12.3 Å². The summed E-state index contributed by atoms with van der Waals surface area (Å²) in [5.74, 6) is 1.30. The number of hydrogen-bond acceptors (Lipinski definition) is 2. The molecule has 2 rings (SSSR count). The molecule has 21 heavy (non-hydrogen) atoms. The van der Waals surface area contributed by atoms with Gasteiger partial charge in [-0.3, -0.25) is 4.79 Å². The van der Waals surface area contributed by atoms with Gasteiger partial charge in [0.15, 0.2) is 0 Å². The van der Waals surface area contributed by atoms with Crippen molar-refractivity contribution in [3.63, 3.8) is 0 Å². The van der Waals surface area contributed by atoms with Gasteiger partial charge in [0, 0.05) is 21.8 Å². The van der Waals surface area contributed by atoms with Gasteiger partial charge >= 0.3 is 0 Å². The van der Waals surface area contributed by atoms with Crippen LogP contribution in [0.4, 0.5) is 0 Å². The predicted octanol–water partition coefficient (Wildman–Crippen LogP) is 4.65. The van der Waals surface area contributed by atoms with Crippen molar-refractivity contribution in [1.29, 1.82) is 0 Å². The summed E-state index contributed by atoms with van der Waals surface area (Å²) in [6, 6.07) is 15.7. The lowest BCUT2D eigenvalue weighted by Gasteiger charge is -2.07. The Morgan fingerprint density at radius 1 is 1.14 bits per heavy atom. The molecule has 110 valence electrons. The third-order valence-corrected chi connectivity index (χ3v) is 4.75. The van der Waals surface area contributed by atoms with E-state index in [9.17, 15) is 4.79 Å². The molecule has 1 amide bonds. The Balaban J connectivity index is 1.70. The number of benzene rings is 2. The first-order valence-electron chi connectivity index (χ1n) is 6.47. The van der Waals surface area contributed by atoms with E-state index in [2.05, 4.69) is 33.4 Å². The summed E-state index contributed by atoms with van der Waals surface area (Å²) in [4.78, 5) is 11.8. The molecule has 5 heteroatoms. The van der Waals surface area contributed by atoms with Crippen LogP contribution in [0.15, 0.2) is 53.0 Å². The molecule has 2 aromatic rings. The Morgan fingerprint density at radius 2 is 1.86 bits per heavy atom. The van der Waals surface area contributed by atoms with Crippen molar-refractivity contribution in [1.82, 2.24) is 5.32 Å². The number of nitrogens with one attached hydrogen (secondary N) is 1. The molecule has 0 aliphatic carbocycles. The van der Waals surface area contributed by atoms with Crippen LogP contribution in [0.25, 0.3) is 0 Å². The summed E-state index contributed by atoms with van der Waals surface area (Å²) in [6.45, 7) is 0.470. The van der Waals surface area contributed by atoms with Crippen molar-refractivity contribution in [3.8, 4) is 0 Å². The first-order chi connectivity index (χ1) is 10.1. The highest BCUT2D eigenvalue weighted by Crippen LogP contribution is 2.16. The molecule has 0 saturated carbocycles. The van der Waals surface area contributed by atoms with Crippen LogP contribution in [0, 0.1) is 0 Å². The van der Waals surface area contributed by atoms with E-state index < -0.39 is 0 Å². The predicted molar refractivity (Wildman–Crippen MR) is 93.6 cm³/mol. The molecule has 0 aliphatic rings. The number of rotatable bonds is 6. The highest BCUT2D eigenvalue weighted by molar-refractivity contribution is 9.10.